The lowest BCUT2D eigenvalue weighted by atomic mass is 9.92. The van der Waals surface area contributed by atoms with Gasteiger partial charge in [-0.15, -0.1) is 0 Å². The number of furan rings is 1. The van der Waals surface area contributed by atoms with Crippen molar-refractivity contribution in [3.8, 4) is 5.75 Å². The number of aliphatic hydroxyl groups is 1. The van der Waals surface area contributed by atoms with E-state index >= 15 is 0 Å². The number of piperidine rings is 2. The van der Waals surface area contributed by atoms with Crippen LogP contribution < -0.4 is 4.74 Å². The number of ether oxygens (including phenoxy) is 3. The van der Waals surface area contributed by atoms with E-state index in [9.17, 15) is 18.3 Å². The van der Waals surface area contributed by atoms with Crippen molar-refractivity contribution in [3.63, 3.8) is 0 Å². The van der Waals surface area contributed by atoms with Gasteiger partial charge in [0.15, 0.2) is 5.76 Å². The molecule has 0 aliphatic carbocycles. The molecule has 1 amide bonds. The number of fused-ring (bicyclic) bond motifs is 1. The zero-order chi connectivity index (χ0) is 32.8. The summed E-state index contributed by atoms with van der Waals surface area (Å²) in [6.07, 6.45) is 8.91. The molecule has 1 aromatic heterocycles. The molecule has 6 rings (SSSR count). The standard InChI is InChI=1S/C35H45N3O8S/c1-43-28-9-11-29(12-10-28)47(41,42)38(19-21-39)20-22-44-34-24-26(31-25-45-32-8-4-3-7-30(31)32)23-33(46-34)35(40)37-17-13-27(14-18-37)36-15-5-2-6-16-36/h3-4,7-12,23,25-27,34,39H,2,5-6,13-22,24H2,1H3. The first-order chi connectivity index (χ1) is 22.9. The second-order valence-electron chi connectivity index (χ2n) is 12.4. The lowest BCUT2D eigenvalue weighted by Crippen LogP contribution is -2.49. The zero-order valence-electron chi connectivity index (χ0n) is 27.0. The monoisotopic (exact) mass is 667 g/mol. The molecule has 1 N–H and O–H groups in total. The minimum absolute atomic E-state index is 0.00159. The maximum Gasteiger partial charge on any atom is 0.288 e. The zero-order valence-corrected chi connectivity index (χ0v) is 27.8. The Labute approximate surface area is 276 Å². The average molecular weight is 668 g/mol. The SMILES string of the molecule is COc1ccc(S(=O)(=O)N(CCO)CCOC2CC(c3coc4ccccc34)C=C(C(=O)N3CCC(N4CCCCC4)CC3)O2)cc1. The molecule has 12 heteroatoms. The Morgan fingerprint density at radius 2 is 1.74 bits per heavy atom. The van der Waals surface area contributed by atoms with Crippen LogP contribution in [0.15, 0.2) is 75.9 Å². The number of allylic oxidation sites excluding steroid dienone is 1. The van der Waals surface area contributed by atoms with Crippen molar-refractivity contribution in [3.05, 3.63) is 72.2 Å². The third-order valence-electron chi connectivity index (χ3n) is 9.53. The van der Waals surface area contributed by atoms with Gasteiger partial charge < -0.3 is 33.5 Å². The fraction of sp³-hybridized carbons (Fsp3) is 0.514. The number of benzene rings is 2. The van der Waals surface area contributed by atoms with Gasteiger partial charge in [0.1, 0.15) is 11.3 Å². The van der Waals surface area contributed by atoms with E-state index in [1.807, 2.05) is 35.2 Å². The van der Waals surface area contributed by atoms with Crippen LogP contribution in [0.5, 0.6) is 5.75 Å². The highest BCUT2D eigenvalue weighted by Crippen LogP contribution is 2.37. The van der Waals surface area contributed by atoms with Gasteiger partial charge in [-0.3, -0.25) is 4.79 Å². The Hall–Kier alpha value is -3.42. The largest absolute Gasteiger partial charge is 0.497 e. The highest BCUT2D eigenvalue weighted by atomic mass is 32.2. The number of nitrogens with zero attached hydrogens (tertiary/aromatic N) is 3. The van der Waals surface area contributed by atoms with Crippen LogP contribution in [-0.2, 0) is 24.3 Å². The molecule has 0 saturated carbocycles. The number of carbonyl (C=O) groups excluding carboxylic acids is 1. The molecule has 2 fully saturated rings. The molecule has 3 aliphatic heterocycles. The van der Waals surface area contributed by atoms with Crippen LogP contribution in [0, 0.1) is 0 Å². The van der Waals surface area contributed by atoms with Crippen LogP contribution in [-0.4, -0.2) is 105 Å². The van der Waals surface area contributed by atoms with Gasteiger partial charge in [0, 0.05) is 55.5 Å². The molecule has 0 bridgehead atoms. The van der Waals surface area contributed by atoms with Gasteiger partial charge in [-0.2, -0.15) is 4.31 Å². The van der Waals surface area contributed by atoms with E-state index in [0.29, 0.717) is 31.3 Å². The quantitative estimate of drug-likeness (QED) is 0.301. The number of methoxy groups -OCH3 is 1. The van der Waals surface area contributed by atoms with Gasteiger partial charge in [0.2, 0.25) is 16.3 Å². The molecule has 3 aromatic rings. The number of hydrogen-bond donors (Lipinski definition) is 1. The van der Waals surface area contributed by atoms with Crippen molar-refractivity contribution >= 4 is 26.9 Å². The summed E-state index contributed by atoms with van der Waals surface area (Å²) < 4.78 is 51.3. The molecule has 2 atom stereocenters. The molecule has 254 valence electrons. The van der Waals surface area contributed by atoms with Crippen LogP contribution >= 0.6 is 0 Å². The number of hydrogen-bond acceptors (Lipinski definition) is 9. The van der Waals surface area contributed by atoms with E-state index in [4.69, 9.17) is 18.6 Å². The Kier molecular flexibility index (Phi) is 10.8. The van der Waals surface area contributed by atoms with Gasteiger partial charge in [0.25, 0.3) is 5.91 Å². The predicted molar refractivity (Wildman–Crippen MR) is 176 cm³/mol. The topological polar surface area (TPSA) is 122 Å². The molecule has 2 aromatic carbocycles. The van der Waals surface area contributed by atoms with Gasteiger partial charge in [-0.1, -0.05) is 24.6 Å². The highest BCUT2D eigenvalue weighted by molar-refractivity contribution is 7.89. The third kappa shape index (κ3) is 7.68. The molecule has 4 heterocycles. The van der Waals surface area contributed by atoms with Crippen molar-refractivity contribution in [1.82, 2.24) is 14.1 Å². The third-order valence-corrected chi connectivity index (χ3v) is 11.4. The number of sulfonamides is 1. The molecular formula is C35H45N3O8S. The summed E-state index contributed by atoms with van der Waals surface area (Å²) in [6.45, 7) is 3.18. The summed E-state index contributed by atoms with van der Waals surface area (Å²) in [4.78, 5) is 18.4. The fourth-order valence-electron chi connectivity index (χ4n) is 6.93. The van der Waals surface area contributed by atoms with Crippen molar-refractivity contribution in [2.24, 2.45) is 0 Å². The smallest absolute Gasteiger partial charge is 0.288 e. The Balaban J connectivity index is 1.15. The van der Waals surface area contributed by atoms with Crippen LogP contribution in [0.3, 0.4) is 0 Å². The molecule has 2 saturated heterocycles. The number of aliphatic hydroxyl groups excluding tert-OH is 1. The second kappa shape index (κ2) is 15.2. The van der Waals surface area contributed by atoms with Gasteiger partial charge in [-0.25, -0.2) is 8.42 Å². The molecule has 3 aliphatic rings. The normalized spacial score (nSPS) is 21.5. The maximum atomic E-state index is 13.9. The molecule has 2 unspecified atom stereocenters. The summed E-state index contributed by atoms with van der Waals surface area (Å²) in [5.41, 5.74) is 1.70. The first kappa shape index (κ1) is 33.5. The van der Waals surface area contributed by atoms with E-state index in [-0.39, 0.29) is 48.8 Å². The summed E-state index contributed by atoms with van der Waals surface area (Å²) in [6, 6.07) is 14.4. The number of rotatable bonds is 12. The minimum atomic E-state index is -3.90. The number of para-hydroxylation sites is 1. The van der Waals surface area contributed by atoms with E-state index in [2.05, 4.69) is 4.90 Å². The van der Waals surface area contributed by atoms with Crippen molar-refractivity contribution < 1.29 is 36.9 Å². The number of carbonyl (C=O) groups is 1. The first-order valence-electron chi connectivity index (χ1n) is 16.6. The summed E-state index contributed by atoms with van der Waals surface area (Å²) in [5.74, 6) is 0.419. The molecule has 11 nitrogen and oxygen atoms in total. The Morgan fingerprint density at radius 1 is 1.00 bits per heavy atom. The molecular weight excluding hydrogens is 622 g/mol. The van der Waals surface area contributed by atoms with Crippen molar-refractivity contribution in [1.29, 1.82) is 0 Å². The van der Waals surface area contributed by atoms with E-state index in [1.54, 1.807) is 18.4 Å². The lowest BCUT2D eigenvalue weighted by molar-refractivity contribution is -0.153. The first-order valence-corrected chi connectivity index (χ1v) is 18.1. The summed E-state index contributed by atoms with van der Waals surface area (Å²) in [7, 11) is -2.39. The maximum absolute atomic E-state index is 13.9. The van der Waals surface area contributed by atoms with Crippen molar-refractivity contribution in [2.75, 3.05) is 59.6 Å². The van der Waals surface area contributed by atoms with Crippen LogP contribution in [0.1, 0.15) is 50.0 Å². The number of amides is 1. The van der Waals surface area contributed by atoms with E-state index in [1.165, 1.54) is 42.8 Å². The summed E-state index contributed by atoms with van der Waals surface area (Å²) in [5, 5.41) is 10.6. The summed E-state index contributed by atoms with van der Waals surface area (Å²) >= 11 is 0. The predicted octanol–water partition coefficient (Wildman–Crippen LogP) is 4.33. The van der Waals surface area contributed by atoms with Crippen molar-refractivity contribution in [2.45, 2.75) is 61.7 Å². The highest BCUT2D eigenvalue weighted by Gasteiger charge is 2.35. The van der Waals surface area contributed by atoms with Crippen LogP contribution in [0.4, 0.5) is 0 Å². The van der Waals surface area contributed by atoms with Gasteiger partial charge >= 0.3 is 0 Å². The molecule has 0 radical (unpaired) electrons. The Morgan fingerprint density at radius 3 is 2.47 bits per heavy atom. The van der Waals surface area contributed by atoms with E-state index in [0.717, 1.165) is 42.5 Å². The fourth-order valence-corrected chi connectivity index (χ4v) is 8.35. The second-order valence-corrected chi connectivity index (χ2v) is 14.3. The minimum Gasteiger partial charge on any atom is -0.497 e. The Bertz CT molecular complexity index is 1630. The lowest BCUT2D eigenvalue weighted by Gasteiger charge is -2.40. The molecule has 0 spiro atoms. The number of likely N-dealkylation sites (tertiary alicyclic amines) is 2. The van der Waals surface area contributed by atoms with Gasteiger partial charge in [-0.05, 0) is 75.2 Å². The van der Waals surface area contributed by atoms with E-state index < -0.39 is 16.3 Å². The molecule has 47 heavy (non-hydrogen) atoms. The average Bonchev–Trinajstić information content (AvgIpc) is 3.56. The van der Waals surface area contributed by atoms with Gasteiger partial charge in [0.05, 0.1) is 31.5 Å². The van der Waals surface area contributed by atoms with Crippen LogP contribution in [0.2, 0.25) is 0 Å². The van der Waals surface area contributed by atoms with Crippen LogP contribution in [0.25, 0.3) is 11.0 Å².